The van der Waals surface area contributed by atoms with Gasteiger partial charge in [0.15, 0.2) is 0 Å². The Kier molecular flexibility index (Phi) is 5.43. The van der Waals surface area contributed by atoms with Gasteiger partial charge in [0.25, 0.3) is 0 Å². The predicted octanol–water partition coefficient (Wildman–Crippen LogP) is 1.03. The second kappa shape index (κ2) is 6.83. The van der Waals surface area contributed by atoms with Crippen molar-refractivity contribution in [3.05, 3.63) is 15.8 Å². The number of aryl methyl sites for hydroxylation is 1. The molecule has 0 bridgehead atoms. The molecule has 0 fully saturated rings. The summed E-state index contributed by atoms with van der Waals surface area (Å²) in [5, 5.41) is 13.9. The number of nitro groups is 1. The Morgan fingerprint density at radius 3 is 2.63 bits per heavy atom. The van der Waals surface area contributed by atoms with E-state index < -0.39 is 4.92 Å². The van der Waals surface area contributed by atoms with Gasteiger partial charge in [0.2, 0.25) is 11.8 Å². The van der Waals surface area contributed by atoms with E-state index in [1.165, 1.54) is 0 Å². The van der Waals surface area contributed by atoms with Crippen molar-refractivity contribution in [3.8, 4) is 0 Å². The van der Waals surface area contributed by atoms with Gasteiger partial charge in [0, 0.05) is 6.54 Å². The molecule has 0 aromatic carbocycles. The summed E-state index contributed by atoms with van der Waals surface area (Å²) in [4.78, 5) is 20.3. The van der Waals surface area contributed by atoms with Crippen molar-refractivity contribution in [1.29, 1.82) is 0 Å². The van der Waals surface area contributed by atoms with E-state index in [2.05, 4.69) is 20.2 Å². The Balaban J connectivity index is 2.64. The van der Waals surface area contributed by atoms with Gasteiger partial charge in [-0.15, -0.1) is 0 Å². The predicted molar refractivity (Wildman–Crippen MR) is 74.1 cm³/mol. The lowest BCUT2D eigenvalue weighted by Crippen LogP contribution is -2.15. The van der Waals surface area contributed by atoms with Crippen LogP contribution in [0.3, 0.4) is 0 Å². The van der Waals surface area contributed by atoms with Crippen LogP contribution < -0.4 is 11.1 Å². The van der Waals surface area contributed by atoms with Crippen LogP contribution in [0.25, 0.3) is 0 Å². The molecule has 0 amide bonds. The first kappa shape index (κ1) is 15.1. The smallest absolute Gasteiger partial charge is 0.332 e. The standard InChI is InChI=1S/C11H20N6O2/c1-8-9(17(18)19)10(15-11(12)14-8)13-6-4-5-7-16(2)3/h4-7H2,1-3H3,(H3,12,13,14,15). The minimum Gasteiger partial charge on any atom is -0.368 e. The monoisotopic (exact) mass is 268 g/mol. The third-order valence-electron chi connectivity index (χ3n) is 2.58. The molecule has 0 unspecified atom stereocenters. The third kappa shape index (κ3) is 4.66. The summed E-state index contributed by atoms with van der Waals surface area (Å²) in [5.74, 6) is 0.235. The first-order valence-electron chi connectivity index (χ1n) is 6.09. The summed E-state index contributed by atoms with van der Waals surface area (Å²) < 4.78 is 0. The van der Waals surface area contributed by atoms with Crippen LogP contribution in [-0.4, -0.2) is 47.0 Å². The number of hydrogen-bond donors (Lipinski definition) is 2. The van der Waals surface area contributed by atoms with Crippen molar-refractivity contribution in [1.82, 2.24) is 14.9 Å². The molecular weight excluding hydrogens is 248 g/mol. The van der Waals surface area contributed by atoms with E-state index in [1.807, 2.05) is 14.1 Å². The first-order valence-corrected chi connectivity index (χ1v) is 6.09. The minimum absolute atomic E-state index is 0.0406. The molecular formula is C11H20N6O2. The molecule has 1 rings (SSSR count). The van der Waals surface area contributed by atoms with E-state index in [4.69, 9.17) is 5.73 Å². The fourth-order valence-electron chi connectivity index (χ4n) is 1.69. The number of anilines is 2. The van der Waals surface area contributed by atoms with Crippen LogP contribution >= 0.6 is 0 Å². The highest BCUT2D eigenvalue weighted by Gasteiger charge is 2.20. The van der Waals surface area contributed by atoms with Crippen LogP contribution in [0.5, 0.6) is 0 Å². The van der Waals surface area contributed by atoms with Crippen molar-refractivity contribution in [3.63, 3.8) is 0 Å². The number of aromatic nitrogens is 2. The molecule has 0 saturated heterocycles. The summed E-state index contributed by atoms with van der Waals surface area (Å²) >= 11 is 0. The summed E-state index contributed by atoms with van der Waals surface area (Å²) in [7, 11) is 4.01. The highest BCUT2D eigenvalue weighted by Crippen LogP contribution is 2.25. The molecule has 1 aromatic rings. The normalized spacial score (nSPS) is 10.7. The topological polar surface area (TPSA) is 110 Å². The summed E-state index contributed by atoms with van der Waals surface area (Å²) in [6.45, 7) is 3.15. The largest absolute Gasteiger partial charge is 0.368 e. The van der Waals surface area contributed by atoms with E-state index in [0.29, 0.717) is 6.54 Å². The summed E-state index contributed by atoms with van der Waals surface area (Å²) in [6, 6.07) is 0. The maximum Gasteiger partial charge on any atom is 0.332 e. The molecule has 0 spiro atoms. The Morgan fingerprint density at radius 2 is 2.05 bits per heavy atom. The SMILES string of the molecule is Cc1nc(N)nc(NCCCCN(C)C)c1[N+](=O)[O-]. The lowest BCUT2D eigenvalue weighted by molar-refractivity contribution is -0.385. The van der Waals surface area contributed by atoms with Gasteiger partial charge in [-0.1, -0.05) is 0 Å². The molecule has 3 N–H and O–H groups in total. The van der Waals surface area contributed by atoms with Crippen molar-refractivity contribution in [2.45, 2.75) is 19.8 Å². The molecule has 1 aromatic heterocycles. The van der Waals surface area contributed by atoms with Crippen LogP contribution in [0.15, 0.2) is 0 Å². The average Bonchev–Trinajstić information content (AvgIpc) is 2.26. The zero-order valence-electron chi connectivity index (χ0n) is 11.5. The van der Waals surface area contributed by atoms with Gasteiger partial charge in [0.05, 0.1) is 4.92 Å². The summed E-state index contributed by atoms with van der Waals surface area (Å²) in [6.07, 6.45) is 1.91. The van der Waals surface area contributed by atoms with Crippen molar-refractivity contribution in [2.75, 3.05) is 38.2 Å². The maximum atomic E-state index is 11.0. The Hall–Kier alpha value is -1.96. The van der Waals surface area contributed by atoms with E-state index in [1.54, 1.807) is 6.92 Å². The Bertz CT molecular complexity index is 449. The molecule has 0 aliphatic rings. The summed E-state index contributed by atoms with van der Waals surface area (Å²) in [5.41, 5.74) is 5.67. The Labute approximate surface area is 112 Å². The van der Waals surface area contributed by atoms with Gasteiger partial charge in [-0.2, -0.15) is 4.98 Å². The third-order valence-corrected chi connectivity index (χ3v) is 2.58. The van der Waals surface area contributed by atoms with Crippen LogP contribution in [0.1, 0.15) is 18.5 Å². The van der Waals surface area contributed by atoms with Gasteiger partial charge < -0.3 is 16.0 Å². The lowest BCUT2D eigenvalue weighted by Gasteiger charge is -2.10. The number of hydrogen-bond acceptors (Lipinski definition) is 7. The molecule has 0 saturated carbocycles. The quantitative estimate of drug-likeness (QED) is 0.431. The van der Waals surface area contributed by atoms with Crippen LogP contribution in [0.4, 0.5) is 17.5 Å². The molecule has 106 valence electrons. The number of nitrogens with two attached hydrogens (primary N) is 1. The fraction of sp³-hybridized carbons (Fsp3) is 0.636. The molecule has 0 aliphatic carbocycles. The fourth-order valence-corrected chi connectivity index (χ4v) is 1.69. The van der Waals surface area contributed by atoms with E-state index >= 15 is 0 Å². The first-order chi connectivity index (χ1) is 8.91. The zero-order valence-corrected chi connectivity index (χ0v) is 11.5. The molecule has 0 atom stereocenters. The molecule has 8 heteroatoms. The lowest BCUT2D eigenvalue weighted by atomic mass is 10.3. The van der Waals surface area contributed by atoms with Gasteiger partial charge in [-0.05, 0) is 40.4 Å². The average molecular weight is 268 g/mol. The zero-order chi connectivity index (χ0) is 14.4. The second-order valence-corrected chi connectivity index (χ2v) is 4.56. The van der Waals surface area contributed by atoms with Crippen LogP contribution in [0.2, 0.25) is 0 Å². The maximum absolute atomic E-state index is 11.0. The van der Waals surface area contributed by atoms with Crippen LogP contribution in [0, 0.1) is 17.0 Å². The molecule has 1 heterocycles. The molecule has 0 radical (unpaired) electrons. The number of nitrogen functional groups attached to an aromatic ring is 1. The van der Waals surface area contributed by atoms with E-state index in [-0.39, 0.29) is 23.1 Å². The highest BCUT2D eigenvalue weighted by atomic mass is 16.6. The van der Waals surface area contributed by atoms with Crippen LogP contribution in [-0.2, 0) is 0 Å². The number of unbranched alkanes of at least 4 members (excludes halogenated alkanes) is 1. The van der Waals surface area contributed by atoms with E-state index in [0.717, 1.165) is 19.4 Å². The van der Waals surface area contributed by atoms with Crippen molar-refractivity contribution >= 4 is 17.5 Å². The van der Waals surface area contributed by atoms with Crippen molar-refractivity contribution < 1.29 is 4.92 Å². The Morgan fingerprint density at radius 1 is 1.37 bits per heavy atom. The van der Waals surface area contributed by atoms with E-state index in [9.17, 15) is 10.1 Å². The van der Waals surface area contributed by atoms with Gasteiger partial charge >= 0.3 is 5.69 Å². The molecule has 8 nitrogen and oxygen atoms in total. The van der Waals surface area contributed by atoms with Gasteiger partial charge in [-0.3, -0.25) is 10.1 Å². The van der Waals surface area contributed by atoms with Crippen molar-refractivity contribution in [2.24, 2.45) is 0 Å². The molecule has 19 heavy (non-hydrogen) atoms. The number of nitrogens with zero attached hydrogens (tertiary/aromatic N) is 4. The molecule has 0 aliphatic heterocycles. The number of nitrogens with one attached hydrogen (secondary N) is 1. The number of rotatable bonds is 7. The highest BCUT2D eigenvalue weighted by molar-refractivity contribution is 5.60. The van der Waals surface area contributed by atoms with Gasteiger partial charge in [0.1, 0.15) is 5.69 Å². The minimum atomic E-state index is -0.489. The second-order valence-electron chi connectivity index (χ2n) is 4.56. The van der Waals surface area contributed by atoms with Gasteiger partial charge in [-0.25, -0.2) is 4.98 Å².